The average molecular weight is 201 g/mol. The van der Waals surface area contributed by atoms with Gasteiger partial charge in [0.25, 0.3) is 0 Å². The monoisotopic (exact) mass is 201 g/mol. The zero-order chi connectivity index (χ0) is 9.38. The summed E-state index contributed by atoms with van der Waals surface area (Å²) < 4.78 is 3.03. The molecule has 0 aliphatic heterocycles. The molecule has 0 saturated carbocycles. The number of thiophene rings is 1. The Labute approximate surface area is 84.6 Å². The van der Waals surface area contributed by atoms with Crippen LogP contribution in [0.25, 0.3) is 15.9 Å². The fourth-order valence-electron chi connectivity index (χ4n) is 1.46. The fourth-order valence-corrected chi connectivity index (χ4v) is 2.23. The van der Waals surface area contributed by atoms with Crippen LogP contribution >= 0.6 is 11.3 Å². The lowest BCUT2D eigenvalue weighted by molar-refractivity contribution is 0.856. The zero-order valence-electron chi connectivity index (χ0n) is 7.29. The summed E-state index contributed by atoms with van der Waals surface area (Å²) in [6, 6.07) is 5.99. The number of hydrogen-bond donors (Lipinski definition) is 0. The van der Waals surface area contributed by atoms with Gasteiger partial charge in [-0.15, -0.1) is 11.3 Å². The second-order valence-corrected chi connectivity index (χ2v) is 3.87. The Hall–Kier alpha value is -1.68. The van der Waals surface area contributed by atoms with E-state index in [1.54, 1.807) is 22.2 Å². The molecular formula is C10H7N3S. The van der Waals surface area contributed by atoms with Gasteiger partial charge in [-0.2, -0.15) is 5.10 Å². The van der Waals surface area contributed by atoms with Crippen molar-refractivity contribution in [1.29, 1.82) is 0 Å². The highest BCUT2D eigenvalue weighted by molar-refractivity contribution is 7.17. The van der Waals surface area contributed by atoms with Crippen LogP contribution in [-0.2, 0) is 0 Å². The zero-order valence-corrected chi connectivity index (χ0v) is 8.11. The molecule has 3 rings (SSSR count). The van der Waals surface area contributed by atoms with Crippen molar-refractivity contribution in [1.82, 2.24) is 14.8 Å². The van der Waals surface area contributed by atoms with E-state index in [-0.39, 0.29) is 0 Å². The van der Waals surface area contributed by atoms with Gasteiger partial charge in [0.1, 0.15) is 0 Å². The number of hydrogen-bond acceptors (Lipinski definition) is 3. The summed E-state index contributed by atoms with van der Waals surface area (Å²) in [5.41, 5.74) is 0. The summed E-state index contributed by atoms with van der Waals surface area (Å²) in [4.78, 5) is 4.33. The largest absolute Gasteiger partial charge is 0.236 e. The first-order chi connectivity index (χ1) is 6.95. The minimum Gasteiger partial charge on any atom is -0.236 e. The molecule has 3 aromatic heterocycles. The highest BCUT2D eigenvalue weighted by Gasteiger charge is 2.04. The number of fused-ring (bicyclic) bond motifs is 1. The third kappa shape index (κ3) is 1.04. The molecule has 0 aliphatic carbocycles. The lowest BCUT2D eigenvalue weighted by atomic mass is 10.3. The Morgan fingerprint density at radius 2 is 2.21 bits per heavy atom. The first-order valence-corrected chi connectivity index (χ1v) is 5.15. The topological polar surface area (TPSA) is 30.7 Å². The molecule has 0 unspecified atom stereocenters. The second-order valence-electron chi connectivity index (χ2n) is 2.92. The molecule has 0 N–H and O–H groups in total. The van der Waals surface area contributed by atoms with Crippen molar-refractivity contribution in [3.05, 3.63) is 42.2 Å². The van der Waals surface area contributed by atoms with Crippen LogP contribution in [-0.4, -0.2) is 14.8 Å². The van der Waals surface area contributed by atoms with Gasteiger partial charge >= 0.3 is 0 Å². The predicted octanol–water partition coefficient (Wildman–Crippen LogP) is 2.48. The van der Waals surface area contributed by atoms with Crippen molar-refractivity contribution >= 4 is 21.4 Å². The maximum Gasteiger partial charge on any atom is 0.161 e. The molecule has 4 heteroatoms. The quantitative estimate of drug-likeness (QED) is 0.605. The van der Waals surface area contributed by atoms with Gasteiger partial charge in [-0.3, -0.25) is 0 Å². The maximum atomic E-state index is 4.33. The van der Waals surface area contributed by atoms with Crippen LogP contribution in [0.1, 0.15) is 0 Å². The highest BCUT2D eigenvalue weighted by Crippen LogP contribution is 2.24. The third-order valence-electron chi connectivity index (χ3n) is 2.08. The van der Waals surface area contributed by atoms with Gasteiger partial charge in [0.2, 0.25) is 0 Å². The SMILES string of the molecule is c1cnn(-c2nccc3sccc23)c1. The van der Waals surface area contributed by atoms with Gasteiger partial charge in [0.05, 0.1) is 0 Å². The summed E-state index contributed by atoms with van der Waals surface area (Å²) in [7, 11) is 0. The van der Waals surface area contributed by atoms with E-state index in [0.29, 0.717) is 0 Å². The standard InChI is InChI=1S/C10H7N3S/c1-4-12-13(6-1)10-8-3-7-14-9(8)2-5-11-10/h1-7H. The highest BCUT2D eigenvalue weighted by atomic mass is 32.1. The summed E-state index contributed by atoms with van der Waals surface area (Å²) in [6.45, 7) is 0. The van der Waals surface area contributed by atoms with Gasteiger partial charge < -0.3 is 0 Å². The molecule has 0 atom stereocenters. The normalized spacial score (nSPS) is 10.9. The average Bonchev–Trinajstić information content (AvgIpc) is 2.88. The molecule has 0 amide bonds. The number of pyridine rings is 1. The Morgan fingerprint density at radius 3 is 3.07 bits per heavy atom. The lowest BCUT2D eigenvalue weighted by Gasteiger charge is -2.00. The van der Waals surface area contributed by atoms with Crippen LogP contribution in [0, 0.1) is 0 Å². The van der Waals surface area contributed by atoms with Gasteiger partial charge in [0, 0.05) is 28.7 Å². The first-order valence-electron chi connectivity index (χ1n) is 4.27. The van der Waals surface area contributed by atoms with Gasteiger partial charge in [-0.05, 0) is 23.6 Å². The van der Waals surface area contributed by atoms with Crippen molar-refractivity contribution in [2.45, 2.75) is 0 Å². The molecule has 0 bridgehead atoms. The summed E-state index contributed by atoms with van der Waals surface area (Å²) in [5.74, 6) is 0.897. The molecule has 0 saturated heterocycles. The summed E-state index contributed by atoms with van der Waals surface area (Å²) in [5, 5.41) is 7.40. The Kier molecular flexibility index (Phi) is 1.61. The fraction of sp³-hybridized carbons (Fsp3) is 0. The molecule has 0 spiro atoms. The molecule has 0 radical (unpaired) electrons. The van der Waals surface area contributed by atoms with Crippen LogP contribution in [0.15, 0.2) is 42.2 Å². The molecule has 3 aromatic rings. The van der Waals surface area contributed by atoms with Crippen LogP contribution < -0.4 is 0 Å². The summed E-state index contributed by atoms with van der Waals surface area (Å²) in [6.07, 6.45) is 5.47. The van der Waals surface area contributed by atoms with Crippen LogP contribution in [0.2, 0.25) is 0 Å². The third-order valence-corrected chi connectivity index (χ3v) is 2.96. The number of nitrogens with zero attached hydrogens (tertiary/aromatic N) is 3. The van der Waals surface area contributed by atoms with E-state index in [2.05, 4.69) is 21.5 Å². The smallest absolute Gasteiger partial charge is 0.161 e. The van der Waals surface area contributed by atoms with Crippen molar-refractivity contribution in [2.24, 2.45) is 0 Å². The number of aromatic nitrogens is 3. The number of rotatable bonds is 1. The van der Waals surface area contributed by atoms with Crippen molar-refractivity contribution in [3.8, 4) is 5.82 Å². The van der Waals surface area contributed by atoms with E-state index in [0.717, 1.165) is 11.2 Å². The maximum absolute atomic E-state index is 4.33. The Balaban J connectivity index is 2.36. The molecule has 68 valence electrons. The molecule has 0 aliphatic rings. The second kappa shape index (κ2) is 2.92. The van der Waals surface area contributed by atoms with Crippen molar-refractivity contribution in [2.75, 3.05) is 0 Å². The van der Waals surface area contributed by atoms with Crippen LogP contribution in [0.4, 0.5) is 0 Å². The van der Waals surface area contributed by atoms with Gasteiger partial charge in [-0.1, -0.05) is 0 Å². The van der Waals surface area contributed by atoms with E-state index in [9.17, 15) is 0 Å². The van der Waals surface area contributed by atoms with Crippen molar-refractivity contribution in [3.63, 3.8) is 0 Å². The van der Waals surface area contributed by atoms with Gasteiger partial charge in [-0.25, -0.2) is 9.67 Å². The van der Waals surface area contributed by atoms with E-state index in [1.807, 2.05) is 24.5 Å². The van der Waals surface area contributed by atoms with Crippen LogP contribution in [0.3, 0.4) is 0 Å². The van der Waals surface area contributed by atoms with E-state index >= 15 is 0 Å². The Morgan fingerprint density at radius 1 is 1.21 bits per heavy atom. The molecule has 3 heterocycles. The van der Waals surface area contributed by atoms with Crippen molar-refractivity contribution < 1.29 is 0 Å². The molecule has 3 nitrogen and oxygen atoms in total. The molecule has 0 aromatic carbocycles. The molecule has 14 heavy (non-hydrogen) atoms. The summed E-state index contributed by atoms with van der Waals surface area (Å²) >= 11 is 1.72. The predicted molar refractivity (Wildman–Crippen MR) is 56.7 cm³/mol. The lowest BCUT2D eigenvalue weighted by Crippen LogP contribution is -1.97. The molecular weight excluding hydrogens is 194 g/mol. The Bertz CT molecular complexity index is 554. The van der Waals surface area contributed by atoms with E-state index < -0.39 is 0 Å². The first kappa shape index (κ1) is 7.70. The molecule has 0 fully saturated rings. The van der Waals surface area contributed by atoms with Crippen LogP contribution in [0.5, 0.6) is 0 Å². The van der Waals surface area contributed by atoms with E-state index in [4.69, 9.17) is 0 Å². The minimum atomic E-state index is 0.897. The van der Waals surface area contributed by atoms with Gasteiger partial charge in [0.15, 0.2) is 5.82 Å². The minimum absolute atomic E-state index is 0.897. The van der Waals surface area contributed by atoms with E-state index in [1.165, 1.54) is 4.70 Å².